The number of imide groups is 1. The van der Waals surface area contributed by atoms with E-state index in [0.717, 1.165) is 38.3 Å². The molecule has 5 aromatic rings. The molecule has 8 rings (SSSR count). The van der Waals surface area contributed by atoms with E-state index < -0.39 is 11.0 Å². The van der Waals surface area contributed by atoms with E-state index in [2.05, 4.69) is 48.8 Å². The molecular formula is C37H38N8O4S2. The monoisotopic (exact) mass is 722 g/mol. The molecule has 2 amide bonds. The smallest absolute Gasteiger partial charge is 0.261 e. The fourth-order valence-corrected chi connectivity index (χ4v) is 9.16. The van der Waals surface area contributed by atoms with Crippen LogP contribution in [0, 0.1) is 5.41 Å². The van der Waals surface area contributed by atoms with Crippen molar-refractivity contribution in [1.29, 1.82) is 0 Å². The molecule has 12 nitrogen and oxygen atoms in total. The predicted octanol–water partition coefficient (Wildman–Crippen LogP) is 5.64. The summed E-state index contributed by atoms with van der Waals surface area (Å²) in [6.07, 6.45) is 6.07. The summed E-state index contributed by atoms with van der Waals surface area (Å²) in [5.74, 6) is 0.478. The number of anilines is 1. The van der Waals surface area contributed by atoms with Gasteiger partial charge in [-0.3, -0.25) is 14.5 Å². The number of carbonyl (C=O) groups is 2. The number of rotatable bonds is 8. The number of methoxy groups -OCH3 is 1. The van der Waals surface area contributed by atoms with Crippen LogP contribution >= 0.6 is 11.8 Å². The Hall–Kier alpha value is -4.66. The molecule has 51 heavy (non-hydrogen) atoms. The van der Waals surface area contributed by atoms with Crippen LogP contribution < -0.4 is 14.4 Å². The number of pyridine rings is 1. The van der Waals surface area contributed by atoms with Gasteiger partial charge in [-0.15, -0.1) is 0 Å². The molecule has 5 heterocycles. The molecule has 2 aliphatic heterocycles. The van der Waals surface area contributed by atoms with Crippen LogP contribution in [0.1, 0.15) is 77.1 Å². The molecule has 0 radical (unpaired) electrons. The first-order valence-corrected chi connectivity index (χ1v) is 18.9. The minimum absolute atomic E-state index is 0.0205. The van der Waals surface area contributed by atoms with Crippen LogP contribution in [0.2, 0.25) is 0 Å². The Morgan fingerprint density at radius 1 is 1.00 bits per heavy atom. The molecule has 0 bridgehead atoms. The molecule has 1 aliphatic carbocycles. The van der Waals surface area contributed by atoms with Crippen molar-refractivity contribution in [3.8, 4) is 5.88 Å². The predicted molar refractivity (Wildman–Crippen MR) is 195 cm³/mol. The number of imidazole rings is 1. The molecule has 2 aromatic carbocycles. The third-order valence-electron chi connectivity index (χ3n) is 10.0. The molecule has 2 atom stereocenters. The SMILES string of the molecule is COc1ncc(CN2C(=O)c3ccccc3C2=O)cc1Sc1cnc2nc(N3CCC4(CC3)Cc3ccccc3[C@H]4NS(=O)C(C)(C)C)[nH]c2n1. The highest BCUT2D eigenvalue weighted by atomic mass is 32.2. The zero-order valence-corrected chi connectivity index (χ0v) is 30.4. The normalized spacial score (nSPS) is 18.8. The van der Waals surface area contributed by atoms with Crippen LogP contribution in [0.3, 0.4) is 0 Å². The van der Waals surface area contributed by atoms with Crippen molar-refractivity contribution >= 4 is 51.8 Å². The van der Waals surface area contributed by atoms with Gasteiger partial charge in [-0.1, -0.05) is 48.2 Å². The number of hydrogen-bond acceptors (Lipinski definition) is 10. The lowest BCUT2D eigenvalue weighted by atomic mass is 9.73. The lowest BCUT2D eigenvalue weighted by Crippen LogP contribution is -2.48. The topological polar surface area (TPSA) is 146 Å². The summed E-state index contributed by atoms with van der Waals surface area (Å²) in [4.78, 5) is 52.1. The van der Waals surface area contributed by atoms with Gasteiger partial charge in [0.2, 0.25) is 11.8 Å². The number of carbonyl (C=O) groups excluding carboxylic acids is 2. The maximum Gasteiger partial charge on any atom is 0.261 e. The molecule has 3 aromatic heterocycles. The van der Waals surface area contributed by atoms with Crippen molar-refractivity contribution < 1.29 is 18.5 Å². The lowest BCUT2D eigenvalue weighted by Gasteiger charge is -2.43. The summed E-state index contributed by atoms with van der Waals surface area (Å²) in [6, 6.07) is 17.3. The fraction of sp³-hybridized carbons (Fsp3) is 0.351. The van der Waals surface area contributed by atoms with Gasteiger partial charge in [-0.2, -0.15) is 4.98 Å². The standard InChI is InChI=1S/C37H38N8O4S2/c1-36(2,3)51(48)43-29-24-10-6-5-9-23(24)18-37(29)13-15-44(16-14-37)35-41-30-31(42-35)40-28(20-38-30)50-27-17-22(19-39-32(27)49-4)21-45-33(46)25-11-7-8-12-26(25)34(45)47/h5-12,17,19-20,29,43H,13-16,18,21H2,1-4H3,(H,38,40,41,42)/t29-,51?/m1/s1. The van der Waals surface area contributed by atoms with E-state index in [1.54, 1.807) is 43.8 Å². The second-order valence-corrected chi connectivity index (χ2v) is 17.4. The molecule has 3 aliphatic rings. The van der Waals surface area contributed by atoms with Crippen LogP contribution in [0.25, 0.3) is 11.3 Å². The van der Waals surface area contributed by atoms with Crippen LogP contribution in [-0.2, 0) is 24.0 Å². The van der Waals surface area contributed by atoms with Crippen molar-refractivity contribution in [2.24, 2.45) is 5.41 Å². The van der Waals surface area contributed by atoms with Gasteiger partial charge >= 0.3 is 0 Å². The highest BCUT2D eigenvalue weighted by molar-refractivity contribution is 7.99. The van der Waals surface area contributed by atoms with Gasteiger partial charge < -0.3 is 14.6 Å². The van der Waals surface area contributed by atoms with Gasteiger partial charge in [0.25, 0.3) is 11.8 Å². The number of H-pyrrole nitrogens is 1. The van der Waals surface area contributed by atoms with Crippen LogP contribution in [-0.4, -0.2) is 70.8 Å². The minimum Gasteiger partial charge on any atom is -0.480 e. The second-order valence-electron chi connectivity index (χ2n) is 14.3. The zero-order valence-electron chi connectivity index (χ0n) is 28.8. The van der Waals surface area contributed by atoms with Gasteiger partial charge in [-0.05, 0) is 80.3 Å². The number of nitrogens with one attached hydrogen (secondary N) is 2. The first kappa shape index (κ1) is 33.5. The molecule has 2 N–H and O–H groups in total. The number of nitrogens with zero attached hydrogens (tertiary/aromatic N) is 6. The molecule has 1 unspecified atom stereocenters. The maximum atomic E-state index is 13.3. The number of hydrogen-bond donors (Lipinski definition) is 2. The van der Waals surface area contributed by atoms with Gasteiger partial charge in [0.05, 0.1) is 57.6 Å². The second kappa shape index (κ2) is 12.8. The van der Waals surface area contributed by atoms with E-state index in [9.17, 15) is 13.8 Å². The summed E-state index contributed by atoms with van der Waals surface area (Å²) >= 11 is 1.33. The zero-order chi connectivity index (χ0) is 35.5. The fourth-order valence-electron chi connectivity index (χ4n) is 7.32. The number of amides is 2. The molecular weight excluding hydrogens is 685 g/mol. The van der Waals surface area contributed by atoms with Gasteiger partial charge in [0.15, 0.2) is 11.3 Å². The average molecular weight is 723 g/mol. The number of piperidine rings is 1. The van der Waals surface area contributed by atoms with Gasteiger partial charge in [-0.25, -0.2) is 23.9 Å². The van der Waals surface area contributed by atoms with Crippen molar-refractivity contribution in [3.63, 3.8) is 0 Å². The Labute approximate surface area is 302 Å². The molecule has 1 fully saturated rings. The number of ether oxygens (including phenoxy) is 1. The average Bonchev–Trinajstić information content (AvgIpc) is 3.75. The highest BCUT2D eigenvalue weighted by Gasteiger charge is 2.49. The Morgan fingerprint density at radius 2 is 1.71 bits per heavy atom. The molecule has 1 spiro atoms. The number of benzene rings is 2. The third kappa shape index (κ3) is 6.08. The van der Waals surface area contributed by atoms with E-state index in [1.807, 2.05) is 26.8 Å². The lowest BCUT2D eigenvalue weighted by molar-refractivity contribution is 0.0642. The summed E-state index contributed by atoms with van der Waals surface area (Å²) in [7, 11) is 0.351. The van der Waals surface area contributed by atoms with Gasteiger partial charge in [0, 0.05) is 19.3 Å². The Morgan fingerprint density at radius 3 is 2.41 bits per heavy atom. The van der Waals surface area contributed by atoms with E-state index in [0.29, 0.717) is 43.8 Å². The van der Waals surface area contributed by atoms with Crippen LogP contribution in [0.4, 0.5) is 5.95 Å². The van der Waals surface area contributed by atoms with Crippen molar-refractivity contribution in [2.75, 3.05) is 25.1 Å². The minimum atomic E-state index is -1.19. The largest absolute Gasteiger partial charge is 0.480 e. The third-order valence-corrected chi connectivity index (χ3v) is 12.5. The van der Waals surface area contributed by atoms with E-state index >= 15 is 0 Å². The molecule has 262 valence electrons. The first-order chi connectivity index (χ1) is 24.5. The maximum absolute atomic E-state index is 13.3. The summed E-state index contributed by atoms with van der Waals surface area (Å²) in [5, 5.41) is 0.609. The van der Waals surface area contributed by atoms with E-state index in [1.165, 1.54) is 27.8 Å². The van der Waals surface area contributed by atoms with Crippen LogP contribution in [0.5, 0.6) is 5.88 Å². The summed E-state index contributed by atoms with van der Waals surface area (Å²) in [5.41, 5.74) is 5.14. The first-order valence-electron chi connectivity index (χ1n) is 16.9. The van der Waals surface area contributed by atoms with Crippen molar-refractivity contribution in [3.05, 3.63) is 94.8 Å². The Kier molecular flexibility index (Phi) is 8.43. The summed E-state index contributed by atoms with van der Waals surface area (Å²) < 4.78 is 22.0. The summed E-state index contributed by atoms with van der Waals surface area (Å²) in [6.45, 7) is 7.68. The molecule has 1 saturated heterocycles. The Balaban J connectivity index is 0.979. The molecule has 14 heteroatoms. The van der Waals surface area contributed by atoms with Crippen molar-refractivity contribution in [2.45, 2.75) is 67.3 Å². The van der Waals surface area contributed by atoms with E-state index in [4.69, 9.17) is 14.7 Å². The van der Waals surface area contributed by atoms with Crippen LogP contribution in [0.15, 0.2) is 76.9 Å². The molecule has 0 saturated carbocycles. The number of fused-ring (bicyclic) bond motifs is 3. The quantitative estimate of drug-likeness (QED) is 0.193. The van der Waals surface area contributed by atoms with Crippen molar-refractivity contribution in [1.82, 2.24) is 34.5 Å². The Bertz CT molecular complexity index is 2170. The highest BCUT2D eigenvalue weighted by Crippen LogP contribution is 2.52. The van der Waals surface area contributed by atoms with Gasteiger partial charge in [0.1, 0.15) is 5.03 Å². The van der Waals surface area contributed by atoms with E-state index in [-0.39, 0.29) is 34.6 Å². The number of aromatic nitrogens is 5. The number of aromatic amines is 1.